The van der Waals surface area contributed by atoms with Crippen LogP contribution >= 0.6 is 0 Å². The van der Waals surface area contributed by atoms with Crippen molar-refractivity contribution in [3.8, 4) is 69.4 Å². The lowest BCUT2D eigenvalue weighted by atomic mass is 9.97. The van der Waals surface area contributed by atoms with E-state index < -0.39 is 0 Å². The Balaban J connectivity index is 0.000000221. The molecule has 0 aliphatic rings. The first-order valence-electron chi connectivity index (χ1n) is 28.1. The molecule has 0 bridgehead atoms. The van der Waals surface area contributed by atoms with Crippen molar-refractivity contribution in [3.63, 3.8) is 0 Å². The molecule has 76 heavy (non-hydrogen) atoms. The molecule has 0 aliphatic carbocycles. The van der Waals surface area contributed by atoms with Gasteiger partial charge < -0.3 is 0 Å². The molecule has 8 rings (SSSR count). The molecule has 0 saturated carbocycles. The number of rotatable bonds is 27. The first-order chi connectivity index (χ1) is 37.2. The van der Waals surface area contributed by atoms with Crippen LogP contribution in [-0.2, 0) is 19.3 Å². The van der Waals surface area contributed by atoms with Crippen LogP contribution in [0.2, 0.25) is 0 Å². The standard InChI is InChI=1S/2C31H39N7/c1-5-7-9-11-13-24-15-25(14-12-10-8-6-2)17-26(16-24)27-36-30(28-32-18-22(3)19-33-28)38-31(37-27)29-34-20-23(4)21-35-29;1-4-5-6-7-8-9-10-11-12-13-14-25-15-17-26(18-16-25)27-36-30(28-32-19-23(2)20-33-28)38-31(37-27)29-34-21-24(3)22-35-29/h15-21H,5-14H2,1-4H3;15-22H,4-14H2,1-3H3. The minimum atomic E-state index is 0.406. The lowest BCUT2D eigenvalue weighted by Gasteiger charge is -2.11. The van der Waals surface area contributed by atoms with Crippen molar-refractivity contribution >= 4 is 0 Å². The fourth-order valence-electron chi connectivity index (χ4n) is 8.77. The van der Waals surface area contributed by atoms with Crippen LogP contribution in [0.25, 0.3) is 69.4 Å². The molecule has 8 aromatic rings. The van der Waals surface area contributed by atoms with E-state index >= 15 is 0 Å². The van der Waals surface area contributed by atoms with Gasteiger partial charge in [0, 0.05) is 60.7 Å². The van der Waals surface area contributed by atoms with Crippen molar-refractivity contribution in [3.05, 3.63) is 131 Å². The second kappa shape index (κ2) is 30.4. The fraction of sp³-hybridized carbons (Fsp3) is 0.452. The Kier molecular flexibility index (Phi) is 22.6. The van der Waals surface area contributed by atoms with Gasteiger partial charge in [-0.25, -0.2) is 69.8 Å². The molecule has 6 aromatic heterocycles. The van der Waals surface area contributed by atoms with Gasteiger partial charge in [0.2, 0.25) is 23.3 Å². The summed E-state index contributed by atoms with van der Waals surface area (Å²) in [6.45, 7) is 14.6. The average molecular weight is 1020 g/mol. The van der Waals surface area contributed by atoms with Gasteiger partial charge in [0.1, 0.15) is 0 Å². The molecule has 0 aliphatic heterocycles. The highest BCUT2D eigenvalue weighted by Gasteiger charge is 2.18. The van der Waals surface area contributed by atoms with E-state index in [4.69, 9.17) is 19.9 Å². The lowest BCUT2D eigenvalue weighted by Crippen LogP contribution is -2.05. The summed E-state index contributed by atoms with van der Waals surface area (Å²) in [6.07, 6.45) is 40.8. The normalized spacial score (nSPS) is 11.1. The van der Waals surface area contributed by atoms with Crippen LogP contribution in [0.1, 0.15) is 175 Å². The third-order valence-corrected chi connectivity index (χ3v) is 13.2. The van der Waals surface area contributed by atoms with Gasteiger partial charge in [-0.1, -0.05) is 147 Å². The van der Waals surface area contributed by atoms with Gasteiger partial charge in [-0.3, -0.25) is 0 Å². The first-order valence-corrected chi connectivity index (χ1v) is 28.1. The van der Waals surface area contributed by atoms with Gasteiger partial charge in [0.05, 0.1) is 0 Å². The summed E-state index contributed by atoms with van der Waals surface area (Å²) in [4.78, 5) is 63.9. The predicted molar refractivity (Wildman–Crippen MR) is 305 cm³/mol. The van der Waals surface area contributed by atoms with Crippen LogP contribution in [-0.4, -0.2) is 69.8 Å². The maximum atomic E-state index is 4.85. The van der Waals surface area contributed by atoms with E-state index in [9.17, 15) is 0 Å². The SMILES string of the molecule is CCCCCCCCCCCCc1ccc(-c2nc(-c3ncc(C)cn3)nc(-c3ncc(C)cn3)n2)cc1.CCCCCCc1cc(CCCCCC)cc(-c2nc(-c3ncc(C)cn3)nc(-c3ncc(C)cn3)n2)c1. The van der Waals surface area contributed by atoms with E-state index in [0.29, 0.717) is 58.2 Å². The van der Waals surface area contributed by atoms with Gasteiger partial charge in [-0.15, -0.1) is 0 Å². The molecule has 396 valence electrons. The van der Waals surface area contributed by atoms with Gasteiger partial charge >= 0.3 is 0 Å². The van der Waals surface area contributed by atoms with Gasteiger partial charge in [0.15, 0.2) is 34.9 Å². The van der Waals surface area contributed by atoms with Crippen LogP contribution in [0.15, 0.2) is 92.0 Å². The zero-order valence-electron chi connectivity index (χ0n) is 46.3. The predicted octanol–water partition coefficient (Wildman–Crippen LogP) is 14.8. The molecular formula is C62H78N14. The second-order valence-corrected chi connectivity index (χ2v) is 20.2. The molecule has 2 aromatic carbocycles. The number of aromatic nitrogens is 14. The van der Waals surface area contributed by atoms with E-state index in [0.717, 1.165) is 52.6 Å². The smallest absolute Gasteiger partial charge is 0.201 e. The highest BCUT2D eigenvalue weighted by Crippen LogP contribution is 2.27. The van der Waals surface area contributed by atoms with E-state index in [1.165, 1.54) is 132 Å². The minimum Gasteiger partial charge on any atom is -0.234 e. The van der Waals surface area contributed by atoms with Crippen molar-refractivity contribution in [1.82, 2.24) is 69.8 Å². The summed E-state index contributed by atoms with van der Waals surface area (Å²) in [5.41, 5.74) is 9.84. The van der Waals surface area contributed by atoms with Crippen molar-refractivity contribution in [2.75, 3.05) is 0 Å². The highest BCUT2D eigenvalue weighted by molar-refractivity contribution is 5.64. The fourth-order valence-corrected chi connectivity index (χ4v) is 8.77. The van der Waals surface area contributed by atoms with Crippen molar-refractivity contribution in [1.29, 1.82) is 0 Å². The highest BCUT2D eigenvalue weighted by atomic mass is 15.1. The van der Waals surface area contributed by atoms with Gasteiger partial charge in [0.25, 0.3) is 0 Å². The zero-order valence-corrected chi connectivity index (χ0v) is 46.3. The van der Waals surface area contributed by atoms with E-state index in [2.05, 4.69) is 113 Å². The summed E-state index contributed by atoms with van der Waals surface area (Å²) in [5, 5.41) is 0. The Bertz CT molecular complexity index is 2800. The Morgan fingerprint density at radius 3 is 0.842 bits per heavy atom. The molecule has 0 spiro atoms. The summed E-state index contributed by atoms with van der Waals surface area (Å²) >= 11 is 0. The molecule has 0 amide bonds. The maximum Gasteiger partial charge on any atom is 0.201 e. The molecule has 0 N–H and O–H groups in total. The first kappa shape index (κ1) is 56.5. The Morgan fingerprint density at radius 2 is 0.513 bits per heavy atom. The number of benzene rings is 2. The molecule has 0 radical (unpaired) electrons. The molecule has 0 saturated heterocycles. The lowest BCUT2D eigenvalue weighted by molar-refractivity contribution is 0.556. The Labute approximate surface area is 451 Å². The zero-order chi connectivity index (χ0) is 53.3. The summed E-state index contributed by atoms with van der Waals surface area (Å²) in [5.74, 6) is 4.64. The average Bonchev–Trinajstić information content (AvgIpc) is 3.45. The van der Waals surface area contributed by atoms with Crippen molar-refractivity contribution in [2.24, 2.45) is 0 Å². The number of aryl methyl sites for hydroxylation is 7. The third-order valence-electron chi connectivity index (χ3n) is 13.2. The molecular weight excluding hydrogens is 941 g/mol. The minimum absolute atomic E-state index is 0.406. The van der Waals surface area contributed by atoms with Crippen molar-refractivity contribution in [2.45, 2.75) is 183 Å². The van der Waals surface area contributed by atoms with E-state index in [1.807, 2.05) is 27.7 Å². The number of hydrogen-bond acceptors (Lipinski definition) is 14. The quantitative estimate of drug-likeness (QED) is 0.0444. The number of nitrogens with zero attached hydrogens (tertiary/aromatic N) is 14. The van der Waals surface area contributed by atoms with Crippen LogP contribution < -0.4 is 0 Å². The van der Waals surface area contributed by atoms with Crippen LogP contribution in [0, 0.1) is 27.7 Å². The number of unbranched alkanes of at least 4 members (excludes halogenated alkanes) is 15. The topological polar surface area (TPSA) is 180 Å². The maximum absolute atomic E-state index is 4.85. The molecule has 6 heterocycles. The molecule has 14 heteroatoms. The second-order valence-electron chi connectivity index (χ2n) is 20.2. The molecule has 0 atom stereocenters. The Morgan fingerprint density at radius 1 is 0.250 bits per heavy atom. The van der Waals surface area contributed by atoms with E-state index in [-0.39, 0.29) is 0 Å². The van der Waals surface area contributed by atoms with Gasteiger partial charge in [-0.2, -0.15) is 0 Å². The molecule has 0 unspecified atom stereocenters. The van der Waals surface area contributed by atoms with Crippen LogP contribution in [0.3, 0.4) is 0 Å². The molecule has 14 nitrogen and oxygen atoms in total. The monoisotopic (exact) mass is 1020 g/mol. The Hall–Kier alpha value is -7.22. The van der Waals surface area contributed by atoms with Gasteiger partial charge in [-0.05, 0) is 117 Å². The summed E-state index contributed by atoms with van der Waals surface area (Å²) in [7, 11) is 0. The third kappa shape index (κ3) is 18.0. The number of hydrogen-bond donors (Lipinski definition) is 0. The van der Waals surface area contributed by atoms with Crippen LogP contribution in [0.5, 0.6) is 0 Å². The largest absolute Gasteiger partial charge is 0.234 e. The summed E-state index contributed by atoms with van der Waals surface area (Å²) in [6, 6.07) is 15.4. The van der Waals surface area contributed by atoms with E-state index in [1.54, 1.807) is 49.6 Å². The van der Waals surface area contributed by atoms with Crippen molar-refractivity contribution < 1.29 is 0 Å². The molecule has 0 fully saturated rings. The summed E-state index contributed by atoms with van der Waals surface area (Å²) < 4.78 is 0. The van der Waals surface area contributed by atoms with Crippen LogP contribution in [0.4, 0.5) is 0 Å².